The Balaban J connectivity index is 1.42. The number of sulfone groups is 1. The van der Waals surface area contributed by atoms with Crippen LogP contribution in [-0.2, 0) is 19.4 Å². The van der Waals surface area contributed by atoms with Gasteiger partial charge in [-0.1, -0.05) is 43.7 Å². The van der Waals surface area contributed by atoms with Crippen LogP contribution >= 0.6 is 0 Å². The van der Waals surface area contributed by atoms with Crippen LogP contribution in [0.3, 0.4) is 0 Å². The van der Waals surface area contributed by atoms with Crippen LogP contribution in [0.2, 0.25) is 0 Å². The molecule has 0 unspecified atom stereocenters. The van der Waals surface area contributed by atoms with E-state index in [1.165, 1.54) is 24.6 Å². The van der Waals surface area contributed by atoms with Gasteiger partial charge in [0.15, 0.2) is 0 Å². The Labute approximate surface area is 225 Å². The van der Waals surface area contributed by atoms with Crippen molar-refractivity contribution >= 4 is 15.8 Å². The monoisotopic (exact) mass is 550 g/mol. The van der Waals surface area contributed by atoms with E-state index in [9.17, 15) is 18.3 Å². The number of benzene rings is 1. The summed E-state index contributed by atoms with van der Waals surface area (Å²) in [5, 5.41) is 7.16. The largest absolute Gasteiger partial charge is 0.462 e. The minimum atomic E-state index is -5.09. The molecule has 0 saturated heterocycles. The van der Waals surface area contributed by atoms with Gasteiger partial charge >= 0.3 is 11.2 Å². The van der Waals surface area contributed by atoms with Crippen molar-refractivity contribution in [1.29, 1.82) is 0 Å². The number of allylic oxidation sites excluding steroid dienone is 1. The van der Waals surface area contributed by atoms with Crippen LogP contribution in [0.25, 0.3) is 0 Å². The first-order valence-corrected chi connectivity index (χ1v) is 15.4. The molecule has 8 heteroatoms. The third-order valence-electron chi connectivity index (χ3n) is 11.1. The fraction of sp³-hybridized carbons (Fsp3) is 0.700. The third kappa shape index (κ3) is 3.91. The summed E-state index contributed by atoms with van der Waals surface area (Å²) >= 11 is 0. The molecule has 0 radical (unpaired) electrons. The summed E-state index contributed by atoms with van der Waals surface area (Å²) in [5.74, 6) is -0.262. The lowest BCUT2D eigenvalue weighted by molar-refractivity contribution is -0.182. The summed E-state index contributed by atoms with van der Waals surface area (Å²) in [5.41, 5.74) is -1.96. The van der Waals surface area contributed by atoms with Crippen molar-refractivity contribution < 1.29 is 31.8 Å². The van der Waals surface area contributed by atoms with Crippen LogP contribution in [0.15, 0.2) is 46.9 Å². The lowest BCUT2D eigenvalue weighted by atomic mass is 9.46. The Morgan fingerprint density at radius 3 is 2.39 bits per heavy atom. The number of rotatable bonds is 5. The van der Waals surface area contributed by atoms with Gasteiger partial charge in [0.05, 0.1) is 4.90 Å². The number of hydrogen-bond donors (Lipinski definition) is 1. The Morgan fingerprint density at radius 1 is 1.05 bits per heavy atom. The van der Waals surface area contributed by atoms with E-state index < -0.39 is 36.9 Å². The highest BCUT2D eigenvalue weighted by Gasteiger charge is 2.70. The number of alkyl halides is 2. The fourth-order valence-electron chi connectivity index (χ4n) is 9.11. The van der Waals surface area contributed by atoms with Crippen molar-refractivity contribution in [2.75, 3.05) is 0 Å². The average molecular weight is 551 g/mol. The second kappa shape index (κ2) is 9.12. The number of carbonyl (C=O) groups excluding carboxylic acids is 1. The number of esters is 1. The first-order chi connectivity index (χ1) is 17.7. The molecule has 4 aliphatic carbocycles. The van der Waals surface area contributed by atoms with E-state index in [1.54, 1.807) is 6.07 Å². The van der Waals surface area contributed by atoms with Crippen LogP contribution in [-0.4, -0.2) is 36.5 Å². The van der Waals surface area contributed by atoms with Crippen molar-refractivity contribution in [2.45, 2.75) is 101 Å². The van der Waals surface area contributed by atoms with Crippen LogP contribution < -0.4 is 0 Å². The number of halogens is 2. The Kier molecular flexibility index (Phi) is 6.66. The molecule has 3 fully saturated rings. The van der Waals surface area contributed by atoms with Gasteiger partial charge in [0.25, 0.3) is 0 Å². The van der Waals surface area contributed by atoms with Gasteiger partial charge in [-0.3, -0.25) is 4.79 Å². The first kappa shape index (κ1) is 27.8. The molecule has 0 heterocycles. The summed E-state index contributed by atoms with van der Waals surface area (Å²) in [6, 6.07) is 6.72. The molecule has 0 aliphatic heterocycles. The van der Waals surface area contributed by atoms with E-state index >= 15 is 8.78 Å². The van der Waals surface area contributed by atoms with Gasteiger partial charge in [-0.15, -0.1) is 0 Å². The van der Waals surface area contributed by atoms with Gasteiger partial charge in [-0.05, 0) is 92.6 Å². The highest BCUT2D eigenvalue weighted by molar-refractivity contribution is 7.92. The number of hydrogen-bond acceptors (Lipinski definition) is 5. The molecule has 1 aromatic rings. The summed E-state index contributed by atoms with van der Waals surface area (Å²) in [6.45, 7) is 6.80. The first-order valence-electron chi connectivity index (χ1n) is 13.9. The third-order valence-corrected chi connectivity index (χ3v) is 13.0. The predicted molar refractivity (Wildman–Crippen MR) is 140 cm³/mol. The van der Waals surface area contributed by atoms with Gasteiger partial charge < -0.3 is 9.84 Å². The van der Waals surface area contributed by atoms with Gasteiger partial charge in [0.1, 0.15) is 11.7 Å². The lowest BCUT2D eigenvalue weighted by Crippen LogP contribution is -2.60. The highest BCUT2D eigenvalue weighted by atomic mass is 32.2. The van der Waals surface area contributed by atoms with Crippen molar-refractivity contribution in [3.05, 3.63) is 42.0 Å². The summed E-state index contributed by atoms with van der Waals surface area (Å²) < 4.78 is 63.5. The van der Waals surface area contributed by atoms with Crippen molar-refractivity contribution in [3.8, 4) is 0 Å². The predicted octanol–water partition coefficient (Wildman–Crippen LogP) is 6.31. The van der Waals surface area contributed by atoms with Crippen LogP contribution in [0.1, 0.15) is 79.1 Å². The van der Waals surface area contributed by atoms with Crippen molar-refractivity contribution in [2.24, 2.45) is 34.5 Å². The minimum Gasteiger partial charge on any atom is -0.462 e. The van der Waals surface area contributed by atoms with Crippen LogP contribution in [0.5, 0.6) is 0 Å². The van der Waals surface area contributed by atoms with E-state index in [1.807, 2.05) is 6.92 Å². The van der Waals surface area contributed by atoms with E-state index in [4.69, 9.17) is 4.74 Å². The van der Waals surface area contributed by atoms with Gasteiger partial charge in [-0.2, -0.15) is 8.78 Å². The van der Waals surface area contributed by atoms with Crippen LogP contribution in [0.4, 0.5) is 8.78 Å². The molecule has 0 amide bonds. The van der Waals surface area contributed by atoms with Crippen molar-refractivity contribution in [1.82, 2.24) is 0 Å². The van der Waals surface area contributed by atoms with Gasteiger partial charge in [0.2, 0.25) is 9.84 Å². The molecule has 8 atom stereocenters. The second-order valence-electron chi connectivity index (χ2n) is 12.9. The lowest BCUT2D eigenvalue weighted by Gasteiger charge is -2.59. The van der Waals surface area contributed by atoms with Gasteiger partial charge in [0, 0.05) is 19.3 Å². The topological polar surface area (TPSA) is 80.7 Å². The molecule has 210 valence electrons. The summed E-state index contributed by atoms with van der Waals surface area (Å²) in [4.78, 5) is 11.0. The van der Waals surface area contributed by atoms with E-state index in [-0.39, 0.29) is 23.4 Å². The molecule has 38 heavy (non-hydrogen) atoms. The average Bonchev–Trinajstić information content (AvgIpc) is 3.22. The minimum absolute atomic E-state index is 0.0118. The molecule has 0 spiro atoms. The van der Waals surface area contributed by atoms with E-state index in [0.29, 0.717) is 31.1 Å². The Bertz CT molecular complexity index is 1230. The maximum absolute atomic E-state index is 15.9. The molecule has 0 aromatic heterocycles. The number of carbonyl (C=O) groups is 1. The maximum atomic E-state index is 15.9. The molecule has 4 aliphatic rings. The summed E-state index contributed by atoms with van der Waals surface area (Å²) in [6.07, 6.45) is 8.16. The maximum Gasteiger partial charge on any atom is 0.377 e. The SMILES string of the molecule is CC(=O)O[C@H]1CC[C@@]2(C)C(=CC[C@H]3[C@@H]4CC[C@H]([C@@](C)(O)C(F)(F)S(=O)(=O)c5ccccc5)[C@@]4(C)CC[C@@H]32)C1. The normalized spacial score (nSPS) is 38.7. The Hall–Kier alpha value is -1.80. The van der Waals surface area contributed by atoms with Crippen LogP contribution in [0, 0.1) is 34.5 Å². The fourth-order valence-corrected chi connectivity index (χ4v) is 10.6. The summed E-state index contributed by atoms with van der Waals surface area (Å²) in [7, 11) is -5.09. The molecule has 5 rings (SSSR count). The highest BCUT2D eigenvalue weighted by Crippen LogP contribution is 2.68. The molecular weight excluding hydrogens is 510 g/mol. The number of ether oxygens (including phenoxy) is 1. The molecule has 0 bridgehead atoms. The van der Waals surface area contributed by atoms with Gasteiger partial charge in [-0.25, -0.2) is 8.42 Å². The zero-order chi connectivity index (χ0) is 27.7. The zero-order valence-electron chi connectivity index (χ0n) is 22.8. The second-order valence-corrected chi connectivity index (χ2v) is 14.9. The molecule has 5 nitrogen and oxygen atoms in total. The molecule has 1 N–H and O–H groups in total. The Morgan fingerprint density at radius 2 is 1.74 bits per heavy atom. The van der Waals surface area contributed by atoms with Crippen molar-refractivity contribution in [3.63, 3.8) is 0 Å². The van der Waals surface area contributed by atoms with E-state index in [2.05, 4.69) is 13.0 Å². The zero-order valence-corrected chi connectivity index (χ0v) is 23.6. The molecular formula is C30H40F2O5S. The molecule has 3 saturated carbocycles. The smallest absolute Gasteiger partial charge is 0.377 e. The van der Waals surface area contributed by atoms with E-state index in [0.717, 1.165) is 51.2 Å². The standard InChI is InChI=1S/C30H40F2O5S/c1-19(33)37-21-14-16-27(2)20(18-21)10-11-23-24-12-13-26(28(24,3)17-15-25(23)27)29(4,34)30(31,32)38(35,36)22-8-6-5-7-9-22/h5-10,21,23-26,34H,11-18H2,1-4H3/t21-,23-,24-,25-,26-,27-,28-,29+/m0/s1. The quantitative estimate of drug-likeness (QED) is 0.343. The molecule has 1 aromatic carbocycles. The number of fused-ring (bicyclic) bond motifs is 5. The number of aliphatic hydroxyl groups is 1.